The molecule has 0 saturated heterocycles. The van der Waals surface area contributed by atoms with Crippen molar-refractivity contribution in [2.75, 3.05) is 0 Å². The summed E-state index contributed by atoms with van der Waals surface area (Å²) in [5.41, 5.74) is 0. The van der Waals surface area contributed by atoms with Gasteiger partial charge in [-0.2, -0.15) is 0 Å². The highest BCUT2D eigenvalue weighted by Gasteiger charge is 2.15. The fraction of sp³-hybridized carbons (Fsp3) is 0.400. The van der Waals surface area contributed by atoms with E-state index in [1.54, 1.807) is 12.1 Å². The van der Waals surface area contributed by atoms with Crippen LogP contribution in [0, 0.1) is 5.92 Å². The molecule has 18 heavy (non-hydrogen) atoms. The molecular formula is C15H17ClO2. The zero-order valence-electron chi connectivity index (χ0n) is 10.3. The molecule has 3 heteroatoms. The predicted molar refractivity (Wildman–Crippen MR) is 72.6 cm³/mol. The van der Waals surface area contributed by atoms with Crippen molar-refractivity contribution in [2.24, 2.45) is 5.92 Å². The molecule has 0 spiro atoms. The molecule has 0 unspecified atom stereocenters. The Kier molecular flexibility index (Phi) is 4.82. The van der Waals surface area contributed by atoms with Crippen molar-refractivity contribution in [3.05, 3.63) is 41.4 Å². The van der Waals surface area contributed by atoms with Gasteiger partial charge in [-0.25, -0.2) is 4.79 Å². The van der Waals surface area contributed by atoms with Gasteiger partial charge in [0.2, 0.25) is 0 Å². The average Bonchev–Trinajstić information content (AvgIpc) is 2.41. The highest BCUT2D eigenvalue weighted by Crippen LogP contribution is 2.26. The minimum atomic E-state index is -0.464. The molecular weight excluding hydrogens is 248 g/mol. The number of carbonyl (C=O) groups excluding carboxylic acids is 1. The zero-order valence-corrected chi connectivity index (χ0v) is 11.0. The molecule has 0 aromatic heterocycles. The van der Waals surface area contributed by atoms with Gasteiger partial charge in [-0.1, -0.05) is 55.1 Å². The Bertz CT molecular complexity index is 419. The number of hydrogen-bond acceptors (Lipinski definition) is 2. The third kappa shape index (κ3) is 3.88. The van der Waals surface area contributed by atoms with E-state index in [1.807, 2.05) is 24.3 Å². The van der Waals surface area contributed by atoms with Crippen LogP contribution in [-0.2, 0) is 4.79 Å². The number of rotatable bonds is 3. The van der Waals surface area contributed by atoms with Gasteiger partial charge in [0.25, 0.3) is 0 Å². The van der Waals surface area contributed by atoms with Crippen LogP contribution in [0.2, 0.25) is 0 Å². The largest absolute Gasteiger partial charge is 0.422 e. The van der Waals surface area contributed by atoms with Crippen molar-refractivity contribution in [3.63, 3.8) is 0 Å². The maximum Gasteiger partial charge on any atom is 0.354 e. The maximum absolute atomic E-state index is 11.8. The molecule has 1 saturated carbocycles. The predicted octanol–water partition coefficient (Wildman–Crippen LogP) is 4.30. The molecule has 0 radical (unpaired) electrons. The Morgan fingerprint density at radius 3 is 2.50 bits per heavy atom. The Labute approximate surface area is 113 Å². The molecule has 1 fully saturated rings. The summed E-state index contributed by atoms with van der Waals surface area (Å²) in [6.45, 7) is 0. The molecule has 1 aromatic rings. The maximum atomic E-state index is 11.8. The summed E-state index contributed by atoms with van der Waals surface area (Å²) in [7, 11) is 0. The van der Waals surface area contributed by atoms with Crippen molar-refractivity contribution in [1.29, 1.82) is 0 Å². The Hall–Kier alpha value is -1.28. The molecule has 1 aromatic carbocycles. The van der Waals surface area contributed by atoms with Gasteiger partial charge in [-0.05, 0) is 30.9 Å². The normalized spacial score (nSPS) is 17.5. The Balaban J connectivity index is 1.93. The van der Waals surface area contributed by atoms with Crippen LogP contribution in [0.25, 0.3) is 0 Å². The van der Waals surface area contributed by atoms with Crippen LogP contribution in [0.15, 0.2) is 41.4 Å². The Morgan fingerprint density at radius 2 is 1.83 bits per heavy atom. The number of hydrogen-bond donors (Lipinski definition) is 0. The van der Waals surface area contributed by atoms with Crippen LogP contribution < -0.4 is 4.74 Å². The van der Waals surface area contributed by atoms with Crippen LogP contribution in [-0.4, -0.2) is 5.97 Å². The van der Waals surface area contributed by atoms with Crippen LogP contribution >= 0.6 is 11.6 Å². The van der Waals surface area contributed by atoms with Crippen LogP contribution in [0.4, 0.5) is 0 Å². The van der Waals surface area contributed by atoms with Gasteiger partial charge < -0.3 is 4.74 Å². The van der Waals surface area contributed by atoms with Crippen molar-refractivity contribution in [2.45, 2.75) is 32.1 Å². The molecule has 2 rings (SSSR count). The molecule has 0 atom stereocenters. The van der Waals surface area contributed by atoms with E-state index in [0.717, 1.165) is 12.8 Å². The smallest absolute Gasteiger partial charge is 0.354 e. The SMILES string of the molecule is O=C(Oc1ccccc1)/C(Cl)=C/C1CCCCC1. The second-order valence-corrected chi connectivity index (χ2v) is 5.02. The summed E-state index contributed by atoms with van der Waals surface area (Å²) in [6.07, 6.45) is 7.82. The van der Waals surface area contributed by atoms with Crippen LogP contribution in [0.5, 0.6) is 5.75 Å². The molecule has 0 aliphatic heterocycles. The first-order valence-electron chi connectivity index (χ1n) is 6.40. The lowest BCUT2D eigenvalue weighted by Crippen LogP contribution is -2.10. The van der Waals surface area contributed by atoms with E-state index >= 15 is 0 Å². The van der Waals surface area contributed by atoms with Crippen molar-refractivity contribution in [3.8, 4) is 5.75 Å². The number of ether oxygens (including phenoxy) is 1. The average molecular weight is 265 g/mol. The van der Waals surface area contributed by atoms with Crippen molar-refractivity contribution < 1.29 is 9.53 Å². The number of para-hydroxylation sites is 1. The number of halogens is 1. The van der Waals surface area contributed by atoms with E-state index in [0.29, 0.717) is 11.7 Å². The van der Waals surface area contributed by atoms with E-state index in [-0.39, 0.29) is 5.03 Å². The summed E-state index contributed by atoms with van der Waals surface area (Å²) in [5, 5.41) is 0.200. The lowest BCUT2D eigenvalue weighted by Gasteiger charge is -2.18. The first kappa shape index (κ1) is 13.2. The van der Waals surface area contributed by atoms with Crippen LogP contribution in [0.3, 0.4) is 0 Å². The minimum absolute atomic E-state index is 0.200. The molecule has 1 aliphatic rings. The Morgan fingerprint density at radius 1 is 1.17 bits per heavy atom. The minimum Gasteiger partial charge on any atom is -0.422 e. The van der Waals surface area contributed by atoms with Gasteiger partial charge in [0, 0.05) is 0 Å². The van der Waals surface area contributed by atoms with E-state index in [9.17, 15) is 4.79 Å². The molecule has 0 amide bonds. The first-order valence-corrected chi connectivity index (χ1v) is 6.78. The monoisotopic (exact) mass is 264 g/mol. The van der Waals surface area contributed by atoms with Gasteiger partial charge in [-0.15, -0.1) is 0 Å². The quantitative estimate of drug-likeness (QED) is 0.462. The molecule has 0 heterocycles. The van der Waals surface area contributed by atoms with E-state index < -0.39 is 5.97 Å². The van der Waals surface area contributed by atoms with Gasteiger partial charge in [0.15, 0.2) is 0 Å². The fourth-order valence-electron chi connectivity index (χ4n) is 2.22. The highest BCUT2D eigenvalue weighted by atomic mass is 35.5. The van der Waals surface area contributed by atoms with Gasteiger partial charge >= 0.3 is 5.97 Å². The second-order valence-electron chi connectivity index (χ2n) is 4.62. The summed E-state index contributed by atoms with van der Waals surface area (Å²) in [6, 6.07) is 8.99. The van der Waals surface area contributed by atoms with E-state index in [1.165, 1.54) is 19.3 Å². The number of benzene rings is 1. The molecule has 96 valence electrons. The van der Waals surface area contributed by atoms with E-state index in [2.05, 4.69) is 0 Å². The van der Waals surface area contributed by atoms with Crippen molar-refractivity contribution >= 4 is 17.6 Å². The molecule has 0 bridgehead atoms. The van der Waals surface area contributed by atoms with Gasteiger partial charge in [-0.3, -0.25) is 0 Å². The lowest BCUT2D eigenvalue weighted by molar-refractivity contribution is -0.129. The van der Waals surface area contributed by atoms with Gasteiger partial charge in [0.1, 0.15) is 10.8 Å². The third-order valence-electron chi connectivity index (χ3n) is 3.18. The second kappa shape index (κ2) is 6.60. The molecule has 2 nitrogen and oxygen atoms in total. The molecule has 1 aliphatic carbocycles. The third-order valence-corrected chi connectivity index (χ3v) is 3.46. The summed E-state index contributed by atoms with van der Waals surface area (Å²) in [5.74, 6) is 0.487. The molecule has 0 N–H and O–H groups in total. The topological polar surface area (TPSA) is 26.3 Å². The fourth-order valence-corrected chi connectivity index (χ4v) is 2.44. The number of allylic oxidation sites excluding steroid dienone is 1. The number of carbonyl (C=O) groups is 1. The number of esters is 1. The summed E-state index contributed by atoms with van der Waals surface area (Å²) in [4.78, 5) is 11.8. The lowest BCUT2D eigenvalue weighted by atomic mass is 9.89. The van der Waals surface area contributed by atoms with Gasteiger partial charge in [0.05, 0.1) is 0 Å². The van der Waals surface area contributed by atoms with Crippen molar-refractivity contribution in [1.82, 2.24) is 0 Å². The standard InChI is InChI=1S/C15H17ClO2/c16-14(11-12-7-3-1-4-8-12)15(17)18-13-9-5-2-6-10-13/h2,5-6,9-12H,1,3-4,7-8H2/b14-11-. The summed E-state index contributed by atoms with van der Waals surface area (Å²) >= 11 is 6.00. The van der Waals surface area contributed by atoms with E-state index in [4.69, 9.17) is 16.3 Å². The first-order chi connectivity index (χ1) is 8.75. The highest BCUT2D eigenvalue weighted by molar-refractivity contribution is 6.41. The summed E-state index contributed by atoms with van der Waals surface area (Å²) < 4.78 is 5.18. The van der Waals surface area contributed by atoms with Crippen LogP contribution in [0.1, 0.15) is 32.1 Å². The zero-order chi connectivity index (χ0) is 12.8.